The molecule has 1 spiro atoms. The highest BCUT2D eigenvalue weighted by Crippen LogP contribution is 2.40. The van der Waals surface area contributed by atoms with E-state index in [4.69, 9.17) is 46.9 Å². The Balaban J connectivity index is 0.000000116. The van der Waals surface area contributed by atoms with Crippen molar-refractivity contribution in [1.82, 2.24) is 60.5 Å². The van der Waals surface area contributed by atoms with Gasteiger partial charge in [-0.2, -0.15) is 0 Å². The van der Waals surface area contributed by atoms with Crippen LogP contribution in [0, 0.1) is 26.2 Å². The number of carbonyl (C=O) groups excluding carboxylic acids is 1. The molecule has 15 rings (SSSR count). The summed E-state index contributed by atoms with van der Waals surface area (Å²) >= 11 is 0. The molecule has 0 unspecified atom stereocenters. The Morgan fingerprint density at radius 3 is 1.41 bits per heavy atom. The fraction of sp³-hybridized carbons (Fsp3) is 0.475. The van der Waals surface area contributed by atoms with Crippen molar-refractivity contribution in [3.05, 3.63) is 116 Å². The van der Waals surface area contributed by atoms with E-state index in [9.17, 15) is 4.79 Å². The van der Waals surface area contributed by atoms with E-state index < -0.39 is 0 Å². The van der Waals surface area contributed by atoms with Crippen LogP contribution in [0.1, 0.15) is 67.8 Å². The Bertz CT molecular complexity index is 3490. The Hall–Kier alpha value is -9.80. The van der Waals surface area contributed by atoms with Gasteiger partial charge >= 0.3 is 6.01 Å². The SMILES string of the molecule is Cc1nnc(C2CCN(c3ccncc3N)CC2)o1.Cc1nnc(N2CCN(c3ccncc3N)CC2)o1.Cc1nonc1N1CCN(c2ccncc2N)CC1.Nc1cnccc1N1CCCC2(COC2)C1.Nc1cnccc1N1CCN2C(=O)CC[C@H]2C1. The summed E-state index contributed by atoms with van der Waals surface area (Å²) < 4.78 is 21.1. The number of ether oxygens (including phenoxy) is 1. The molecule has 15 heterocycles. The molecule has 29 nitrogen and oxygen atoms in total. The number of piperidine rings is 2. The maximum atomic E-state index is 11.6. The topological polar surface area (TPSA) is 364 Å². The first-order valence-corrected chi connectivity index (χ1v) is 30.8. The Morgan fingerprint density at radius 2 is 0.956 bits per heavy atom. The lowest BCUT2D eigenvalue weighted by Gasteiger charge is -2.49. The number of aryl methyl sites for hydroxylation is 3. The number of carbonyl (C=O) groups is 1. The quantitative estimate of drug-likeness (QED) is 0.136. The number of amides is 1. The van der Waals surface area contributed by atoms with Crippen LogP contribution >= 0.6 is 0 Å². The minimum Gasteiger partial charge on any atom is -0.425 e. The molecule has 1 amide bonds. The number of pyridine rings is 5. The molecular weight excluding hydrogens is 1150 g/mol. The van der Waals surface area contributed by atoms with Gasteiger partial charge in [-0.05, 0) is 74.5 Å². The number of hydrogen-bond acceptors (Lipinski definition) is 28. The summed E-state index contributed by atoms with van der Waals surface area (Å²) in [5, 5.41) is 23.7. The number of hydrogen-bond donors (Lipinski definition) is 5. The second kappa shape index (κ2) is 28.6. The summed E-state index contributed by atoms with van der Waals surface area (Å²) in [6, 6.07) is 10.8. The van der Waals surface area contributed by atoms with Crippen LogP contribution in [0.15, 0.2) is 106 Å². The fourth-order valence-corrected chi connectivity index (χ4v) is 12.6. The lowest BCUT2D eigenvalue weighted by molar-refractivity contribution is -0.129. The zero-order valence-electron chi connectivity index (χ0n) is 51.5. The third-order valence-electron chi connectivity index (χ3n) is 17.5. The van der Waals surface area contributed by atoms with E-state index in [1.54, 1.807) is 62.7 Å². The average molecular weight is 1230 g/mol. The van der Waals surface area contributed by atoms with Crippen molar-refractivity contribution < 1.29 is 23.0 Å². The van der Waals surface area contributed by atoms with E-state index in [-0.39, 0.29) is 0 Å². The molecule has 0 aliphatic carbocycles. The summed E-state index contributed by atoms with van der Waals surface area (Å²) in [5.74, 6) is 3.49. The molecule has 7 aliphatic rings. The highest BCUT2D eigenvalue weighted by atomic mass is 16.6. The van der Waals surface area contributed by atoms with Gasteiger partial charge in [-0.15, -0.1) is 15.3 Å². The van der Waals surface area contributed by atoms with Crippen LogP contribution in [0.4, 0.5) is 68.7 Å². The number of nitrogens with zero attached hydrogens (tertiary/aromatic N) is 19. The number of piperazine rings is 3. The molecule has 476 valence electrons. The van der Waals surface area contributed by atoms with Crippen LogP contribution in [0.5, 0.6) is 0 Å². The van der Waals surface area contributed by atoms with Gasteiger partial charge in [0.25, 0.3) is 0 Å². The van der Waals surface area contributed by atoms with E-state index in [1.807, 2.05) is 55.3 Å². The van der Waals surface area contributed by atoms with Crippen LogP contribution in [-0.2, 0) is 9.53 Å². The number of rotatable bonds is 8. The second-order valence-corrected chi connectivity index (χ2v) is 23.6. The molecule has 10 N–H and O–H groups in total. The summed E-state index contributed by atoms with van der Waals surface area (Å²) in [7, 11) is 0. The van der Waals surface area contributed by atoms with Crippen molar-refractivity contribution in [1.29, 1.82) is 0 Å². The van der Waals surface area contributed by atoms with Gasteiger partial charge in [-0.3, -0.25) is 29.7 Å². The Kier molecular flexibility index (Phi) is 19.6. The summed E-state index contributed by atoms with van der Waals surface area (Å²) in [6.45, 7) is 20.9. The Morgan fingerprint density at radius 1 is 0.489 bits per heavy atom. The van der Waals surface area contributed by atoms with Gasteiger partial charge in [-0.25, -0.2) is 4.63 Å². The van der Waals surface area contributed by atoms with Crippen LogP contribution in [0.25, 0.3) is 0 Å². The molecule has 7 fully saturated rings. The van der Waals surface area contributed by atoms with E-state index in [2.05, 4.69) is 89.9 Å². The molecule has 0 aromatic carbocycles. The number of aromatic nitrogens is 11. The molecule has 29 heteroatoms. The standard InChI is InChI=1S/C13H17N5O.2C12H16N6O.C12H16N4O.C12H17N3O/c1-9-16-17-13(19-9)10-3-6-18(7-4-10)12-2-5-15-8-11(12)14;1-9-15-16-12(19-9)18-6-4-17(5-7-18)11-2-3-14-8-10(11)13;1-9-12(16-19-15-9)18-6-4-17(5-7-18)11-2-3-14-8-10(11)13;13-10-7-14-4-3-11(10)15-5-6-16-9(8-15)1-2-12(16)17;13-10-6-14-4-2-11(10)15-5-1-3-12(7-15)8-16-9-12/h2,5,8,10H,3-4,6-7,14H2,1H3;2*2-3,8H,4-7,13H2,1H3;3-4,7,9H,1-2,5-6,8,13H2;2,4,6H,1,3,5,7-9,13H2/t;;;9-;/m...0./s1. The molecule has 0 saturated carbocycles. The lowest BCUT2D eigenvalue weighted by Crippen LogP contribution is -2.54. The first-order valence-electron chi connectivity index (χ1n) is 30.8. The zero-order chi connectivity index (χ0) is 62.6. The zero-order valence-corrected chi connectivity index (χ0v) is 51.5. The predicted octanol–water partition coefficient (Wildman–Crippen LogP) is 4.86. The average Bonchev–Trinajstić information content (AvgIpc) is 2.09. The van der Waals surface area contributed by atoms with Crippen LogP contribution < -0.4 is 63.0 Å². The summed E-state index contributed by atoms with van der Waals surface area (Å²) in [4.78, 5) is 49.4. The minimum absolute atomic E-state index is 0.303. The smallest absolute Gasteiger partial charge is 0.318 e. The van der Waals surface area contributed by atoms with E-state index in [1.165, 1.54) is 12.8 Å². The third kappa shape index (κ3) is 14.8. The molecular formula is C61H82N24O5. The molecule has 1 atom stereocenters. The predicted molar refractivity (Wildman–Crippen MR) is 345 cm³/mol. The maximum absolute atomic E-state index is 11.6. The van der Waals surface area contributed by atoms with E-state index in [0.717, 1.165) is 194 Å². The highest BCUT2D eigenvalue weighted by Gasteiger charge is 2.42. The molecule has 7 saturated heterocycles. The van der Waals surface area contributed by atoms with Crippen molar-refractivity contribution in [3.63, 3.8) is 0 Å². The van der Waals surface area contributed by atoms with Crippen molar-refractivity contribution >= 4 is 74.6 Å². The molecule has 0 radical (unpaired) electrons. The first kappa shape index (κ1) is 61.8. The van der Waals surface area contributed by atoms with Gasteiger partial charge in [0.05, 0.1) is 101 Å². The second-order valence-electron chi connectivity index (χ2n) is 23.6. The molecule has 8 aromatic heterocycles. The van der Waals surface area contributed by atoms with Gasteiger partial charge in [-0.1, -0.05) is 10.3 Å². The van der Waals surface area contributed by atoms with Gasteiger partial charge in [0, 0.05) is 167 Å². The maximum Gasteiger partial charge on any atom is 0.318 e. The molecule has 8 aromatic rings. The largest absolute Gasteiger partial charge is 0.425 e. The normalized spacial score (nSPS) is 18.9. The van der Waals surface area contributed by atoms with E-state index in [0.29, 0.717) is 58.9 Å². The summed E-state index contributed by atoms with van der Waals surface area (Å²) in [6.07, 6.45) is 23.6. The highest BCUT2D eigenvalue weighted by molar-refractivity contribution is 5.79. The van der Waals surface area contributed by atoms with Gasteiger partial charge in [0.2, 0.25) is 23.6 Å². The molecule has 7 aliphatic heterocycles. The first-order chi connectivity index (χ1) is 43.8. The number of nitrogen functional groups attached to an aromatic ring is 5. The van der Waals surface area contributed by atoms with Gasteiger partial charge < -0.3 is 81.4 Å². The van der Waals surface area contributed by atoms with Crippen LogP contribution in [-0.4, -0.2) is 184 Å². The van der Waals surface area contributed by atoms with Crippen molar-refractivity contribution in [2.75, 3.05) is 174 Å². The molecule has 90 heavy (non-hydrogen) atoms. The van der Waals surface area contributed by atoms with Crippen LogP contribution in [0.2, 0.25) is 0 Å². The summed E-state index contributed by atoms with van der Waals surface area (Å²) in [5.41, 5.74) is 39.9. The fourth-order valence-electron chi connectivity index (χ4n) is 12.6. The van der Waals surface area contributed by atoms with Crippen molar-refractivity contribution in [2.24, 2.45) is 5.41 Å². The van der Waals surface area contributed by atoms with Crippen LogP contribution in [0.3, 0.4) is 0 Å². The number of fused-ring (bicyclic) bond motifs is 1. The lowest BCUT2D eigenvalue weighted by atomic mass is 9.78. The monoisotopic (exact) mass is 1230 g/mol. The molecule has 0 bridgehead atoms. The van der Waals surface area contributed by atoms with Crippen molar-refractivity contribution in [2.45, 2.75) is 71.3 Å². The van der Waals surface area contributed by atoms with Crippen molar-refractivity contribution in [3.8, 4) is 0 Å². The minimum atomic E-state index is 0.303. The Labute approximate surface area is 522 Å². The van der Waals surface area contributed by atoms with Gasteiger partial charge in [0.1, 0.15) is 5.69 Å². The number of anilines is 12. The third-order valence-corrected chi connectivity index (χ3v) is 17.5. The van der Waals surface area contributed by atoms with Gasteiger partial charge in [0.15, 0.2) is 5.82 Å². The van der Waals surface area contributed by atoms with E-state index >= 15 is 0 Å². The number of nitrogens with two attached hydrogens (primary N) is 5.